The highest BCUT2D eigenvalue weighted by Crippen LogP contribution is 2.28. The molecule has 1 aliphatic heterocycles. The van der Waals surface area contributed by atoms with Gasteiger partial charge in [0.25, 0.3) is 17.6 Å². The van der Waals surface area contributed by atoms with Gasteiger partial charge in [-0.3, -0.25) is 9.59 Å². The number of nitrogen functional groups attached to an aromatic ring is 2. The van der Waals surface area contributed by atoms with Crippen LogP contribution in [-0.2, 0) is 19.6 Å². The fourth-order valence-electron chi connectivity index (χ4n) is 4.64. The van der Waals surface area contributed by atoms with Crippen LogP contribution in [0.5, 0.6) is 5.75 Å². The second kappa shape index (κ2) is 12.5. The first-order valence-corrected chi connectivity index (χ1v) is 12.8. The number of aromatic nitrogens is 4. The SMILES string of the molecule is CCOc1cc2c(cc1C(=O)N1CCNCC1)n(CC)c(CNC(=O)c1nc(Cl)c(N)nc1N)[n+]2CC.[Cl-]. The maximum absolute atomic E-state index is 13.5. The van der Waals surface area contributed by atoms with E-state index >= 15 is 0 Å². The maximum Gasteiger partial charge on any atom is 0.277 e. The number of nitrogens with one attached hydrogen (secondary N) is 2. The zero-order chi connectivity index (χ0) is 26.7. The van der Waals surface area contributed by atoms with Gasteiger partial charge in [0.15, 0.2) is 33.5 Å². The third kappa shape index (κ3) is 5.57. The first-order valence-electron chi connectivity index (χ1n) is 12.4. The van der Waals surface area contributed by atoms with Crippen molar-refractivity contribution in [2.75, 3.05) is 44.3 Å². The van der Waals surface area contributed by atoms with E-state index in [4.69, 9.17) is 27.8 Å². The van der Waals surface area contributed by atoms with E-state index in [1.807, 2.05) is 37.8 Å². The summed E-state index contributed by atoms with van der Waals surface area (Å²) in [5.74, 6) is 0.674. The number of nitrogens with two attached hydrogens (primary N) is 2. The first kappa shape index (κ1) is 29.2. The summed E-state index contributed by atoms with van der Waals surface area (Å²) in [6, 6.07) is 3.81. The van der Waals surface area contributed by atoms with Crippen molar-refractivity contribution in [2.24, 2.45) is 0 Å². The van der Waals surface area contributed by atoms with Gasteiger partial charge in [-0.25, -0.2) is 19.1 Å². The number of rotatable bonds is 8. The highest BCUT2D eigenvalue weighted by atomic mass is 35.5. The Hall–Kier alpha value is -3.35. The molecule has 2 amide bonds. The largest absolute Gasteiger partial charge is 1.00 e. The number of aryl methyl sites for hydroxylation is 2. The minimum Gasteiger partial charge on any atom is -1.00 e. The number of nitrogens with zero attached hydrogens (tertiary/aromatic N) is 5. The maximum atomic E-state index is 13.5. The van der Waals surface area contributed by atoms with Gasteiger partial charge >= 0.3 is 0 Å². The molecule has 0 unspecified atom stereocenters. The van der Waals surface area contributed by atoms with E-state index < -0.39 is 5.91 Å². The minimum absolute atomic E-state index is 0. The Bertz CT molecular complexity index is 1340. The molecule has 0 saturated carbocycles. The van der Waals surface area contributed by atoms with Crippen LogP contribution in [0.2, 0.25) is 5.15 Å². The Kier molecular flexibility index (Phi) is 9.58. The van der Waals surface area contributed by atoms with Crippen molar-refractivity contribution >= 4 is 46.1 Å². The van der Waals surface area contributed by atoms with Crippen molar-refractivity contribution in [3.8, 4) is 5.75 Å². The van der Waals surface area contributed by atoms with Crippen LogP contribution >= 0.6 is 11.6 Å². The monoisotopic (exact) mass is 565 g/mol. The highest BCUT2D eigenvalue weighted by molar-refractivity contribution is 6.31. The molecule has 38 heavy (non-hydrogen) atoms. The summed E-state index contributed by atoms with van der Waals surface area (Å²) in [6.07, 6.45) is 0. The van der Waals surface area contributed by atoms with E-state index in [2.05, 4.69) is 29.7 Å². The number of anilines is 2. The molecule has 3 aromatic rings. The third-order valence-electron chi connectivity index (χ3n) is 6.38. The fraction of sp³-hybridized carbons (Fsp3) is 0.458. The Morgan fingerprint density at radius 2 is 1.87 bits per heavy atom. The average Bonchev–Trinajstić information content (AvgIpc) is 3.20. The van der Waals surface area contributed by atoms with Gasteiger partial charge in [-0.1, -0.05) is 11.6 Å². The molecular formula is C24H33Cl2N9O3. The number of carbonyl (C=O) groups is 2. The van der Waals surface area contributed by atoms with Crippen LogP contribution in [0.1, 0.15) is 47.4 Å². The van der Waals surface area contributed by atoms with Crippen LogP contribution in [0, 0.1) is 0 Å². The van der Waals surface area contributed by atoms with E-state index in [0.29, 0.717) is 44.1 Å². The zero-order valence-electron chi connectivity index (χ0n) is 21.7. The number of piperazine rings is 1. The highest BCUT2D eigenvalue weighted by Gasteiger charge is 2.29. The average molecular weight is 566 g/mol. The molecule has 1 fully saturated rings. The molecule has 4 rings (SSSR count). The summed E-state index contributed by atoms with van der Waals surface area (Å²) in [5, 5.41) is 6.05. The van der Waals surface area contributed by atoms with Gasteiger partial charge in [-0.05, 0) is 20.8 Å². The molecule has 1 aromatic carbocycles. The first-order chi connectivity index (χ1) is 17.8. The lowest BCUT2D eigenvalue weighted by atomic mass is 10.1. The van der Waals surface area contributed by atoms with E-state index in [1.54, 1.807) is 0 Å². The summed E-state index contributed by atoms with van der Waals surface area (Å²) < 4.78 is 10.1. The molecule has 0 bridgehead atoms. The molecule has 0 radical (unpaired) electrons. The number of hydrogen-bond acceptors (Lipinski definition) is 8. The molecule has 2 aromatic heterocycles. The topological polar surface area (TPSA) is 157 Å². The molecule has 206 valence electrons. The number of carbonyl (C=O) groups excluding carboxylic acids is 2. The van der Waals surface area contributed by atoms with Crippen LogP contribution in [0.25, 0.3) is 11.0 Å². The van der Waals surface area contributed by atoms with Crippen molar-refractivity contribution in [1.29, 1.82) is 0 Å². The van der Waals surface area contributed by atoms with E-state index in [9.17, 15) is 9.59 Å². The molecule has 0 aliphatic carbocycles. The molecule has 1 saturated heterocycles. The Labute approximate surface area is 232 Å². The number of benzene rings is 1. The molecular weight excluding hydrogens is 533 g/mol. The molecule has 12 nitrogen and oxygen atoms in total. The Morgan fingerprint density at radius 3 is 2.50 bits per heavy atom. The predicted octanol–water partition coefficient (Wildman–Crippen LogP) is -2.05. The summed E-state index contributed by atoms with van der Waals surface area (Å²) in [7, 11) is 0. The second-order valence-electron chi connectivity index (χ2n) is 8.53. The fourth-order valence-corrected chi connectivity index (χ4v) is 4.77. The lowest BCUT2D eigenvalue weighted by Crippen LogP contribution is -3.00. The predicted molar refractivity (Wildman–Crippen MR) is 140 cm³/mol. The molecule has 3 heterocycles. The summed E-state index contributed by atoms with van der Waals surface area (Å²) in [6.45, 7) is 10.6. The zero-order valence-corrected chi connectivity index (χ0v) is 23.2. The van der Waals surface area contributed by atoms with Crippen LogP contribution < -0.4 is 43.8 Å². The van der Waals surface area contributed by atoms with Crippen LogP contribution in [0.4, 0.5) is 11.6 Å². The molecule has 14 heteroatoms. The number of ether oxygens (including phenoxy) is 1. The van der Waals surface area contributed by atoms with Crippen LogP contribution in [0.15, 0.2) is 12.1 Å². The van der Waals surface area contributed by atoms with E-state index in [-0.39, 0.29) is 47.3 Å². The van der Waals surface area contributed by atoms with Gasteiger partial charge in [0.1, 0.15) is 12.3 Å². The van der Waals surface area contributed by atoms with E-state index in [0.717, 1.165) is 29.9 Å². The molecule has 6 N–H and O–H groups in total. The van der Waals surface area contributed by atoms with E-state index in [1.165, 1.54) is 0 Å². The van der Waals surface area contributed by atoms with Gasteiger partial charge in [-0.15, -0.1) is 0 Å². The van der Waals surface area contributed by atoms with Crippen molar-refractivity contribution in [2.45, 2.75) is 40.4 Å². The number of fused-ring (bicyclic) bond motifs is 1. The standard InChI is InChI=1S/C24H32ClN9O3.ClH/c1-4-33-15-11-14(24(36)32-9-7-28-8-10-32)17(37-6-3)12-16(15)34(5-2)18(33)13-29-23(35)19-21(26)31-22(27)20(25)30-19;/h11-12,28H,4-10,13H2,1-3H3,(H4-,26,27,29,31,35);1H. The lowest BCUT2D eigenvalue weighted by molar-refractivity contribution is -0.676. The van der Waals surface area contributed by atoms with Crippen molar-refractivity contribution in [1.82, 2.24) is 30.1 Å². The molecule has 1 aliphatic rings. The number of hydrogen-bond donors (Lipinski definition) is 4. The van der Waals surface area contributed by atoms with Gasteiger partial charge in [0.05, 0.1) is 25.3 Å². The smallest absolute Gasteiger partial charge is 0.277 e. The summed E-state index contributed by atoms with van der Waals surface area (Å²) in [5.41, 5.74) is 13.7. The normalized spacial score (nSPS) is 13.3. The Morgan fingerprint density at radius 1 is 1.16 bits per heavy atom. The molecule has 0 atom stereocenters. The van der Waals surface area contributed by atoms with Crippen LogP contribution in [-0.4, -0.2) is 64.0 Å². The van der Waals surface area contributed by atoms with Crippen molar-refractivity contribution < 1.29 is 31.3 Å². The van der Waals surface area contributed by atoms with Gasteiger partial charge in [0.2, 0.25) is 0 Å². The van der Waals surface area contributed by atoms with Crippen molar-refractivity contribution in [3.05, 3.63) is 34.4 Å². The number of halogens is 2. The third-order valence-corrected chi connectivity index (χ3v) is 6.65. The summed E-state index contributed by atoms with van der Waals surface area (Å²) in [4.78, 5) is 36.1. The quantitative estimate of drug-likeness (QED) is 0.227. The summed E-state index contributed by atoms with van der Waals surface area (Å²) >= 11 is 5.94. The lowest BCUT2D eigenvalue weighted by Gasteiger charge is -2.28. The van der Waals surface area contributed by atoms with Gasteiger partial charge in [-0.2, -0.15) is 0 Å². The number of amides is 2. The second-order valence-corrected chi connectivity index (χ2v) is 8.89. The van der Waals surface area contributed by atoms with Crippen molar-refractivity contribution in [3.63, 3.8) is 0 Å². The molecule has 0 spiro atoms. The van der Waals surface area contributed by atoms with Crippen LogP contribution in [0.3, 0.4) is 0 Å². The van der Waals surface area contributed by atoms with Gasteiger partial charge in [0, 0.05) is 38.3 Å². The Balaban J connectivity index is 0.00000400. The minimum atomic E-state index is -0.521. The van der Waals surface area contributed by atoms with Gasteiger partial charge < -0.3 is 44.1 Å². The number of imidazole rings is 1.